The zero-order valence-corrected chi connectivity index (χ0v) is 14.2. The molecule has 1 heterocycles. The second-order valence-corrected chi connectivity index (χ2v) is 6.28. The molecule has 2 aromatic rings. The number of rotatable bonds is 4. The minimum absolute atomic E-state index is 0.0114. The lowest BCUT2D eigenvalue weighted by molar-refractivity contribution is 0.148. The number of ether oxygens (including phenoxy) is 2. The average molecular weight is 388 g/mol. The molecule has 1 aliphatic rings. The van der Waals surface area contributed by atoms with E-state index in [9.17, 15) is 0 Å². The monoisotopic (exact) mass is 386 g/mol. The number of hydrogen-bond acceptors (Lipinski definition) is 2. The van der Waals surface area contributed by atoms with Gasteiger partial charge in [-0.3, -0.25) is 0 Å². The summed E-state index contributed by atoms with van der Waals surface area (Å²) in [5.74, 6) is 1.60. The Morgan fingerprint density at radius 1 is 1.24 bits per heavy atom. The minimum atomic E-state index is 0.0114. The number of fused-ring (bicyclic) bond motifs is 1. The zero-order chi connectivity index (χ0) is 14.8. The molecule has 21 heavy (non-hydrogen) atoms. The first-order valence-electron chi connectivity index (χ1n) is 6.58. The van der Waals surface area contributed by atoms with Crippen molar-refractivity contribution in [2.45, 2.75) is 17.9 Å². The van der Waals surface area contributed by atoms with Gasteiger partial charge in [0.1, 0.15) is 24.2 Å². The molecule has 0 aromatic heterocycles. The molecular weight excluding hydrogens is 375 g/mol. The Morgan fingerprint density at radius 2 is 2.05 bits per heavy atom. The van der Waals surface area contributed by atoms with Gasteiger partial charge in [-0.05, 0) is 23.8 Å². The summed E-state index contributed by atoms with van der Waals surface area (Å²) < 4.78 is 11.7. The highest BCUT2D eigenvalue weighted by atomic mass is 79.9. The Labute approximate surface area is 142 Å². The normalized spacial score (nSPS) is 16.4. The number of hydrogen-bond donors (Lipinski definition) is 0. The van der Waals surface area contributed by atoms with Gasteiger partial charge in [0.15, 0.2) is 0 Å². The molecule has 0 saturated carbocycles. The van der Waals surface area contributed by atoms with Crippen LogP contribution >= 0.6 is 39.1 Å². The van der Waals surface area contributed by atoms with E-state index in [2.05, 4.69) is 22.0 Å². The summed E-state index contributed by atoms with van der Waals surface area (Å²) in [4.78, 5) is 0. The van der Waals surface area contributed by atoms with E-state index < -0.39 is 0 Å². The summed E-state index contributed by atoms with van der Waals surface area (Å²) in [6.07, 6.45) is 0.864. The second-order valence-electron chi connectivity index (χ2n) is 4.87. The quantitative estimate of drug-likeness (QED) is 0.665. The van der Waals surface area contributed by atoms with Crippen molar-refractivity contribution in [3.05, 3.63) is 57.6 Å². The number of alkyl halides is 1. The predicted octanol–water partition coefficient (Wildman–Crippen LogP) is 5.27. The molecule has 1 atom stereocenters. The van der Waals surface area contributed by atoms with Crippen LogP contribution in [0.3, 0.4) is 0 Å². The molecule has 2 nitrogen and oxygen atoms in total. The van der Waals surface area contributed by atoms with Crippen molar-refractivity contribution < 1.29 is 9.47 Å². The van der Waals surface area contributed by atoms with Crippen LogP contribution < -0.4 is 9.47 Å². The molecule has 5 heteroatoms. The molecule has 0 N–H and O–H groups in total. The highest BCUT2D eigenvalue weighted by molar-refractivity contribution is 9.08. The van der Waals surface area contributed by atoms with Gasteiger partial charge in [-0.15, -0.1) is 0 Å². The maximum Gasteiger partial charge on any atom is 0.142 e. The summed E-state index contributed by atoms with van der Waals surface area (Å²) in [5, 5.41) is 1.76. The van der Waals surface area contributed by atoms with Crippen molar-refractivity contribution in [3.63, 3.8) is 0 Å². The van der Waals surface area contributed by atoms with Crippen LogP contribution in [0.15, 0.2) is 36.4 Å². The maximum atomic E-state index is 6.22. The van der Waals surface area contributed by atoms with Gasteiger partial charge >= 0.3 is 0 Å². The van der Waals surface area contributed by atoms with Crippen LogP contribution in [0.25, 0.3) is 0 Å². The topological polar surface area (TPSA) is 18.5 Å². The molecule has 0 radical (unpaired) electrons. The van der Waals surface area contributed by atoms with Crippen molar-refractivity contribution in [1.29, 1.82) is 0 Å². The Bertz CT molecular complexity index is 636. The van der Waals surface area contributed by atoms with Crippen LogP contribution in [0.4, 0.5) is 0 Å². The standard InChI is InChI=1S/C16H13BrCl2O2/c17-8-11-5-12(18)7-14(19)16(11)20-9-13-6-10-3-1-2-4-15(10)21-13/h1-5,7,13H,6,8-9H2. The first kappa shape index (κ1) is 15.0. The lowest BCUT2D eigenvalue weighted by atomic mass is 10.1. The molecule has 0 fully saturated rings. The fourth-order valence-electron chi connectivity index (χ4n) is 2.40. The van der Waals surface area contributed by atoms with Crippen LogP contribution in [0.1, 0.15) is 11.1 Å². The van der Waals surface area contributed by atoms with Crippen molar-refractivity contribution in [2.75, 3.05) is 6.61 Å². The minimum Gasteiger partial charge on any atom is -0.488 e. The van der Waals surface area contributed by atoms with Crippen molar-refractivity contribution >= 4 is 39.1 Å². The summed E-state index contributed by atoms with van der Waals surface area (Å²) in [7, 11) is 0. The van der Waals surface area contributed by atoms with Gasteiger partial charge in [0.05, 0.1) is 5.02 Å². The van der Waals surface area contributed by atoms with E-state index in [1.54, 1.807) is 6.07 Å². The largest absolute Gasteiger partial charge is 0.488 e. The van der Waals surface area contributed by atoms with Crippen LogP contribution in [0.2, 0.25) is 10.0 Å². The van der Waals surface area contributed by atoms with Crippen molar-refractivity contribution in [1.82, 2.24) is 0 Å². The molecule has 0 amide bonds. The molecule has 2 aromatic carbocycles. The molecule has 1 aliphatic heterocycles. The molecule has 0 spiro atoms. The molecule has 3 rings (SSSR count). The van der Waals surface area contributed by atoms with Gasteiger partial charge in [0.2, 0.25) is 0 Å². The Morgan fingerprint density at radius 3 is 2.81 bits per heavy atom. The van der Waals surface area contributed by atoms with E-state index in [-0.39, 0.29) is 6.10 Å². The van der Waals surface area contributed by atoms with Gasteiger partial charge < -0.3 is 9.47 Å². The summed E-state index contributed by atoms with van der Waals surface area (Å²) in [5.41, 5.74) is 2.15. The lowest BCUT2D eigenvalue weighted by Crippen LogP contribution is -2.22. The lowest BCUT2D eigenvalue weighted by Gasteiger charge is -2.16. The van der Waals surface area contributed by atoms with E-state index in [4.69, 9.17) is 32.7 Å². The van der Waals surface area contributed by atoms with Crippen LogP contribution in [-0.4, -0.2) is 12.7 Å². The smallest absolute Gasteiger partial charge is 0.142 e. The van der Waals surface area contributed by atoms with E-state index in [1.807, 2.05) is 24.3 Å². The first-order valence-corrected chi connectivity index (χ1v) is 8.46. The van der Waals surface area contributed by atoms with Crippen LogP contribution in [0.5, 0.6) is 11.5 Å². The average Bonchev–Trinajstić information content (AvgIpc) is 2.88. The zero-order valence-electron chi connectivity index (χ0n) is 11.1. The summed E-state index contributed by atoms with van der Waals surface area (Å²) >= 11 is 15.6. The highest BCUT2D eigenvalue weighted by Crippen LogP contribution is 2.35. The molecule has 0 aliphatic carbocycles. The SMILES string of the molecule is Clc1cc(Cl)c(OCC2Cc3ccccc3O2)c(CBr)c1. The summed E-state index contributed by atoms with van der Waals surface area (Å²) in [6.45, 7) is 0.454. The third-order valence-corrected chi connectivity index (χ3v) is 4.46. The van der Waals surface area contributed by atoms with Crippen molar-refractivity contribution in [3.8, 4) is 11.5 Å². The van der Waals surface area contributed by atoms with Gasteiger partial charge in [-0.2, -0.15) is 0 Å². The van der Waals surface area contributed by atoms with Crippen LogP contribution in [0, 0.1) is 0 Å². The van der Waals surface area contributed by atoms with Crippen LogP contribution in [-0.2, 0) is 11.8 Å². The fourth-order valence-corrected chi connectivity index (χ4v) is 3.40. The third kappa shape index (κ3) is 3.31. The Balaban J connectivity index is 1.70. The van der Waals surface area contributed by atoms with E-state index in [1.165, 1.54) is 5.56 Å². The van der Waals surface area contributed by atoms with E-state index in [0.717, 1.165) is 17.7 Å². The fraction of sp³-hybridized carbons (Fsp3) is 0.250. The number of para-hydroxylation sites is 1. The molecular formula is C16H13BrCl2O2. The van der Waals surface area contributed by atoms with Gasteiger partial charge in [-0.1, -0.05) is 57.3 Å². The number of benzene rings is 2. The molecule has 0 bridgehead atoms. The Kier molecular flexibility index (Phi) is 4.63. The molecule has 0 saturated heterocycles. The van der Waals surface area contributed by atoms with E-state index in [0.29, 0.717) is 27.7 Å². The van der Waals surface area contributed by atoms with Crippen molar-refractivity contribution in [2.24, 2.45) is 0 Å². The van der Waals surface area contributed by atoms with Gasteiger partial charge in [0, 0.05) is 22.3 Å². The third-order valence-electron chi connectivity index (χ3n) is 3.36. The van der Waals surface area contributed by atoms with Gasteiger partial charge in [-0.25, -0.2) is 0 Å². The predicted molar refractivity (Wildman–Crippen MR) is 89.2 cm³/mol. The van der Waals surface area contributed by atoms with E-state index >= 15 is 0 Å². The molecule has 1 unspecified atom stereocenters. The number of halogens is 3. The van der Waals surface area contributed by atoms with Gasteiger partial charge in [0.25, 0.3) is 0 Å². The first-order chi connectivity index (χ1) is 10.2. The second kappa shape index (κ2) is 6.47. The highest BCUT2D eigenvalue weighted by Gasteiger charge is 2.23. The maximum absolute atomic E-state index is 6.22. The molecule has 110 valence electrons. The summed E-state index contributed by atoms with van der Waals surface area (Å²) in [6, 6.07) is 11.6. The Hall–Kier alpha value is -0.900.